The summed E-state index contributed by atoms with van der Waals surface area (Å²) in [5.74, 6) is -0.244. The Morgan fingerprint density at radius 1 is 0.943 bits per heavy atom. The van der Waals surface area contributed by atoms with Crippen molar-refractivity contribution in [3.8, 4) is 22.6 Å². The molecule has 0 aliphatic carbocycles. The third kappa shape index (κ3) is 3.65. The van der Waals surface area contributed by atoms with Crippen molar-refractivity contribution in [3.63, 3.8) is 0 Å². The number of anilines is 1. The lowest BCUT2D eigenvalue weighted by atomic mass is 10.0. The van der Waals surface area contributed by atoms with Crippen LogP contribution >= 0.6 is 0 Å². The summed E-state index contributed by atoms with van der Waals surface area (Å²) in [6.07, 6.45) is 0. The maximum absolute atomic E-state index is 13.6. The van der Waals surface area contributed by atoms with Crippen molar-refractivity contribution in [1.29, 1.82) is 0 Å². The average molecular weight is 473 g/mol. The molecule has 3 aromatic carbocycles. The minimum absolute atomic E-state index is 0.0237. The van der Waals surface area contributed by atoms with E-state index in [1.54, 1.807) is 12.1 Å². The molecule has 0 bridgehead atoms. The third-order valence-electron chi connectivity index (χ3n) is 6.52. The lowest BCUT2D eigenvalue weighted by Gasteiger charge is -2.39. The summed E-state index contributed by atoms with van der Waals surface area (Å²) in [6, 6.07) is 15.4. The van der Waals surface area contributed by atoms with Crippen molar-refractivity contribution in [2.75, 3.05) is 31.7 Å². The molecule has 0 saturated carbocycles. The van der Waals surface area contributed by atoms with Crippen LogP contribution in [-0.4, -0.2) is 60.0 Å². The van der Waals surface area contributed by atoms with Crippen molar-refractivity contribution in [3.05, 3.63) is 77.6 Å². The van der Waals surface area contributed by atoms with Gasteiger partial charge in [0.15, 0.2) is 11.5 Å². The van der Waals surface area contributed by atoms with Crippen LogP contribution in [0.2, 0.25) is 0 Å². The van der Waals surface area contributed by atoms with Crippen LogP contribution in [-0.2, 0) is 4.79 Å². The molecule has 8 nitrogen and oxygen atoms in total. The molecule has 9 heteroatoms. The zero-order chi connectivity index (χ0) is 24.1. The molecule has 0 spiro atoms. The van der Waals surface area contributed by atoms with E-state index in [2.05, 4.69) is 5.32 Å². The van der Waals surface area contributed by atoms with Gasteiger partial charge in [-0.1, -0.05) is 18.2 Å². The van der Waals surface area contributed by atoms with E-state index < -0.39 is 11.9 Å². The number of nitrogens with one attached hydrogen (secondary N) is 1. The highest BCUT2D eigenvalue weighted by Gasteiger charge is 2.40. The lowest BCUT2D eigenvalue weighted by Crippen LogP contribution is -2.59. The highest BCUT2D eigenvalue weighted by molar-refractivity contribution is 6.11. The maximum atomic E-state index is 13.6. The number of carbonyl (C=O) groups excluding carboxylic acids is 3. The molecule has 3 aromatic rings. The van der Waals surface area contributed by atoms with Crippen LogP contribution in [0.1, 0.15) is 20.7 Å². The van der Waals surface area contributed by atoms with Crippen molar-refractivity contribution in [2.45, 2.75) is 6.04 Å². The predicted molar refractivity (Wildman–Crippen MR) is 124 cm³/mol. The SMILES string of the molecule is O=C1Nc2ccc(-c3ccc4c(c3)OCO4)cc2C(=O)N2CCN(C(=O)c3cccc(F)c3)CC12. The van der Waals surface area contributed by atoms with E-state index in [9.17, 15) is 18.8 Å². The number of fused-ring (bicyclic) bond motifs is 3. The number of halogens is 1. The first kappa shape index (κ1) is 21.2. The van der Waals surface area contributed by atoms with Gasteiger partial charge in [0, 0.05) is 18.7 Å². The van der Waals surface area contributed by atoms with Gasteiger partial charge in [-0.25, -0.2) is 4.39 Å². The molecule has 1 atom stereocenters. The van der Waals surface area contributed by atoms with Gasteiger partial charge in [0.05, 0.1) is 17.8 Å². The fourth-order valence-corrected chi connectivity index (χ4v) is 4.70. The number of nitrogens with zero attached hydrogens (tertiary/aromatic N) is 2. The number of rotatable bonds is 2. The molecule has 1 N–H and O–H groups in total. The Kier molecular flexibility index (Phi) is 4.91. The fourth-order valence-electron chi connectivity index (χ4n) is 4.70. The number of hydrogen-bond donors (Lipinski definition) is 1. The van der Waals surface area contributed by atoms with Gasteiger partial charge in [0.1, 0.15) is 11.9 Å². The molecule has 3 amide bonds. The quantitative estimate of drug-likeness (QED) is 0.618. The molecule has 3 aliphatic heterocycles. The van der Waals surface area contributed by atoms with Crippen molar-refractivity contribution < 1.29 is 28.2 Å². The van der Waals surface area contributed by atoms with Crippen LogP contribution in [0.3, 0.4) is 0 Å². The van der Waals surface area contributed by atoms with Crippen LogP contribution in [0, 0.1) is 5.82 Å². The average Bonchev–Trinajstić information content (AvgIpc) is 3.32. The van der Waals surface area contributed by atoms with Gasteiger partial charge in [-0.15, -0.1) is 0 Å². The molecular weight excluding hydrogens is 453 g/mol. The summed E-state index contributed by atoms with van der Waals surface area (Å²) in [5, 5.41) is 2.84. The molecule has 176 valence electrons. The Hall–Kier alpha value is -4.40. The Labute approximate surface area is 199 Å². The second kappa shape index (κ2) is 8.12. The molecule has 6 rings (SSSR count). The number of benzene rings is 3. The van der Waals surface area contributed by atoms with Gasteiger partial charge < -0.3 is 24.6 Å². The number of hydrogen-bond acceptors (Lipinski definition) is 5. The minimum atomic E-state index is -0.852. The molecule has 3 heterocycles. The Morgan fingerprint density at radius 2 is 1.74 bits per heavy atom. The van der Waals surface area contributed by atoms with Gasteiger partial charge >= 0.3 is 0 Å². The van der Waals surface area contributed by atoms with Crippen molar-refractivity contribution >= 4 is 23.4 Å². The zero-order valence-corrected chi connectivity index (χ0v) is 18.5. The monoisotopic (exact) mass is 473 g/mol. The smallest absolute Gasteiger partial charge is 0.256 e. The van der Waals surface area contributed by atoms with E-state index >= 15 is 0 Å². The van der Waals surface area contributed by atoms with Crippen LogP contribution < -0.4 is 14.8 Å². The number of piperazine rings is 1. The first-order valence-corrected chi connectivity index (χ1v) is 11.2. The summed E-state index contributed by atoms with van der Waals surface area (Å²) in [5.41, 5.74) is 2.64. The second-order valence-electron chi connectivity index (χ2n) is 8.59. The molecule has 1 fully saturated rings. The second-order valence-corrected chi connectivity index (χ2v) is 8.59. The van der Waals surface area contributed by atoms with E-state index in [1.807, 2.05) is 24.3 Å². The molecule has 1 unspecified atom stereocenters. The molecule has 0 aromatic heterocycles. The van der Waals surface area contributed by atoms with E-state index in [-0.39, 0.29) is 49.7 Å². The highest BCUT2D eigenvalue weighted by Crippen LogP contribution is 2.37. The Morgan fingerprint density at radius 3 is 2.60 bits per heavy atom. The number of carbonyl (C=O) groups is 3. The minimum Gasteiger partial charge on any atom is -0.454 e. The van der Waals surface area contributed by atoms with Gasteiger partial charge in [0.2, 0.25) is 12.7 Å². The first-order valence-electron chi connectivity index (χ1n) is 11.2. The van der Waals surface area contributed by atoms with Crippen LogP contribution in [0.5, 0.6) is 11.5 Å². The molecule has 0 radical (unpaired) electrons. The number of amides is 3. The van der Waals surface area contributed by atoms with Gasteiger partial charge in [0.25, 0.3) is 11.8 Å². The zero-order valence-electron chi connectivity index (χ0n) is 18.5. The van der Waals surface area contributed by atoms with Crippen LogP contribution in [0.15, 0.2) is 60.7 Å². The summed E-state index contributed by atoms with van der Waals surface area (Å²) in [4.78, 5) is 42.5. The fraction of sp³-hybridized carbons (Fsp3) is 0.192. The normalized spacial score (nSPS) is 18.5. The largest absolute Gasteiger partial charge is 0.454 e. The maximum Gasteiger partial charge on any atom is 0.256 e. The Bertz CT molecular complexity index is 1390. The standard InChI is InChI=1S/C26H20FN3O5/c27-18-3-1-2-17(10-18)25(32)29-8-9-30-21(13-29)24(31)28-20-6-4-15(11-19(20)26(30)33)16-5-7-22-23(12-16)35-14-34-22/h1-7,10-12,21H,8-9,13-14H2,(H,28,31). The van der Waals surface area contributed by atoms with E-state index in [4.69, 9.17) is 9.47 Å². The van der Waals surface area contributed by atoms with Gasteiger partial charge in [-0.05, 0) is 53.6 Å². The van der Waals surface area contributed by atoms with E-state index in [1.165, 1.54) is 34.1 Å². The van der Waals surface area contributed by atoms with E-state index in [0.717, 1.165) is 11.1 Å². The molecule has 3 aliphatic rings. The third-order valence-corrected chi connectivity index (χ3v) is 6.52. The Balaban J connectivity index is 1.28. The first-order chi connectivity index (χ1) is 17.0. The molecular formula is C26H20FN3O5. The molecule has 35 heavy (non-hydrogen) atoms. The van der Waals surface area contributed by atoms with Gasteiger partial charge in [-0.3, -0.25) is 14.4 Å². The van der Waals surface area contributed by atoms with E-state index in [0.29, 0.717) is 22.7 Å². The number of ether oxygens (including phenoxy) is 2. The molecule has 1 saturated heterocycles. The summed E-state index contributed by atoms with van der Waals surface area (Å²) in [7, 11) is 0. The van der Waals surface area contributed by atoms with Crippen molar-refractivity contribution in [1.82, 2.24) is 9.80 Å². The van der Waals surface area contributed by atoms with Crippen LogP contribution in [0.25, 0.3) is 11.1 Å². The summed E-state index contributed by atoms with van der Waals surface area (Å²) in [6.45, 7) is 0.617. The topological polar surface area (TPSA) is 88.2 Å². The van der Waals surface area contributed by atoms with Crippen molar-refractivity contribution in [2.24, 2.45) is 0 Å². The summed E-state index contributed by atoms with van der Waals surface area (Å²) >= 11 is 0. The summed E-state index contributed by atoms with van der Waals surface area (Å²) < 4.78 is 24.4. The van der Waals surface area contributed by atoms with Gasteiger partial charge in [-0.2, -0.15) is 0 Å². The predicted octanol–water partition coefficient (Wildman–Crippen LogP) is 3.14. The lowest BCUT2D eigenvalue weighted by molar-refractivity contribution is -0.121. The highest BCUT2D eigenvalue weighted by atomic mass is 19.1. The van der Waals surface area contributed by atoms with Crippen LogP contribution in [0.4, 0.5) is 10.1 Å².